The molecule has 4 aromatic heterocycles. The van der Waals surface area contributed by atoms with Gasteiger partial charge in [0.15, 0.2) is 5.65 Å². The normalized spacial score (nSPS) is 24.4. The number of alkyl halides is 1. The Balaban J connectivity index is 1.47. The van der Waals surface area contributed by atoms with Crippen LogP contribution >= 0.6 is 0 Å². The maximum Gasteiger partial charge on any atom is 0.257 e. The highest BCUT2D eigenvalue weighted by Gasteiger charge is 2.31. The van der Waals surface area contributed by atoms with E-state index >= 15 is 0 Å². The van der Waals surface area contributed by atoms with Gasteiger partial charge in [-0.05, 0) is 50.7 Å². The highest BCUT2D eigenvalue weighted by molar-refractivity contribution is 6.01. The second-order valence-corrected chi connectivity index (χ2v) is 9.49. The summed E-state index contributed by atoms with van der Waals surface area (Å²) in [7, 11) is 1.78. The largest absolute Gasteiger partial charge is 0.391 e. The van der Waals surface area contributed by atoms with Crippen LogP contribution in [0, 0.1) is 0 Å². The van der Waals surface area contributed by atoms with E-state index in [4.69, 9.17) is 4.98 Å². The van der Waals surface area contributed by atoms with E-state index in [0.29, 0.717) is 35.6 Å². The molecule has 2 saturated carbocycles. The third-order valence-corrected chi connectivity index (χ3v) is 7.39. The molecule has 4 heterocycles. The van der Waals surface area contributed by atoms with Crippen LogP contribution in [0.4, 0.5) is 10.2 Å². The van der Waals surface area contributed by atoms with Crippen molar-refractivity contribution in [2.45, 2.75) is 62.9 Å². The standard InChI is InChI=1S/C25H28FN7O2/c1-27-22-11-19(16-13-32(20-8-2-6-17(20)26)23-14(16)5-4-10-28-23)30-24-15(12-29-33(22)24)25(35)31-18-7-3-9-21(18)34/h4-5,10-13,17-18,20-21,27,34H,2-3,6-9H2,1H3,(H,31,35)/t17-,18+,20+,21-/m1/s1. The lowest BCUT2D eigenvalue weighted by Gasteiger charge is -2.16. The Hall–Kier alpha value is -3.53. The maximum atomic E-state index is 14.7. The molecule has 0 radical (unpaired) electrons. The number of rotatable bonds is 5. The minimum Gasteiger partial charge on any atom is -0.391 e. The molecule has 2 aliphatic carbocycles. The number of pyridine rings is 1. The van der Waals surface area contributed by atoms with Gasteiger partial charge in [-0.3, -0.25) is 4.79 Å². The summed E-state index contributed by atoms with van der Waals surface area (Å²) >= 11 is 0. The summed E-state index contributed by atoms with van der Waals surface area (Å²) in [6.45, 7) is 0. The van der Waals surface area contributed by atoms with Crippen molar-refractivity contribution >= 4 is 28.4 Å². The van der Waals surface area contributed by atoms with Crippen molar-refractivity contribution in [3.05, 3.63) is 42.4 Å². The topological polar surface area (TPSA) is 109 Å². The van der Waals surface area contributed by atoms with Crippen molar-refractivity contribution in [1.29, 1.82) is 0 Å². The summed E-state index contributed by atoms with van der Waals surface area (Å²) in [5.41, 5.74) is 2.94. The molecule has 0 aliphatic heterocycles. The lowest BCUT2D eigenvalue weighted by atomic mass is 10.1. The maximum absolute atomic E-state index is 14.7. The van der Waals surface area contributed by atoms with Gasteiger partial charge in [0.2, 0.25) is 0 Å². The number of fused-ring (bicyclic) bond motifs is 2. The smallest absolute Gasteiger partial charge is 0.257 e. The number of hydrogen-bond acceptors (Lipinski definition) is 6. The summed E-state index contributed by atoms with van der Waals surface area (Å²) in [6, 6.07) is 5.18. The molecule has 0 bridgehead atoms. The number of amides is 1. The number of carbonyl (C=O) groups is 1. The van der Waals surface area contributed by atoms with E-state index in [2.05, 4.69) is 20.7 Å². The van der Waals surface area contributed by atoms with Gasteiger partial charge in [0, 0.05) is 36.5 Å². The zero-order chi connectivity index (χ0) is 24.1. The monoisotopic (exact) mass is 477 g/mol. The third kappa shape index (κ3) is 3.63. The molecule has 0 aromatic carbocycles. The van der Waals surface area contributed by atoms with Crippen molar-refractivity contribution in [1.82, 2.24) is 29.5 Å². The quantitative estimate of drug-likeness (QED) is 0.406. The summed E-state index contributed by atoms with van der Waals surface area (Å²) in [5.74, 6) is 0.354. The lowest BCUT2D eigenvalue weighted by molar-refractivity contribution is 0.0874. The average molecular weight is 478 g/mol. The van der Waals surface area contributed by atoms with Crippen molar-refractivity contribution in [2.24, 2.45) is 0 Å². The van der Waals surface area contributed by atoms with Gasteiger partial charge >= 0.3 is 0 Å². The first kappa shape index (κ1) is 22.0. The molecule has 4 aromatic rings. The molecule has 10 heteroatoms. The number of carbonyl (C=O) groups excluding carboxylic acids is 1. The zero-order valence-electron chi connectivity index (χ0n) is 19.5. The van der Waals surface area contributed by atoms with E-state index in [1.165, 1.54) is 6.20 Å². The SMILES string of the molecule is CNc1cc(-c2cn([C@H]3CCC[C@H]3F)c3ncccc23)nc2c(C(=O)N[C@H]3CCC[C@H]3O)cnn12. The van der Waals surface area contributed by atoms with Crippen molar-refractivity contribution in [3.8, 4) is 11.3 Å². The van der Waals surface area contributed by atoms with Gasteiger partial charge in [0.25, 0.3) is 5.91 Å². The molecule has 0 unspecified atom stereocenters. The molecule has 182 valence electrons. The molecule has 2 aliphatic rings. The van der Waals surface area contributed by atoms with Gasteiger partial charge in [-0.1, -0.05) is 0 Å². The highest BCUT2D eigenvalue weighted by Crippen LogP contribution is 2.38. The van der Waals surface area contributed by atoms with Crippen LogP contribution < -0.4 is 10.6 Å². The number of aliphatic hydroxyl groups is 1. The van der Waals surface area contributed by atoms with Crippen LogP contribution in [-0.2, 0) is 0 Å². The molecule has 9 nitrogen and oxygen atoms in total. The van der Waals surface area contributed by atoms with Gasteiger partial charge in [0.1, 0.15) is 23.2 Å². The van der Waals surface area contributed by atoms with Crippen LogP contribution in [0.15, 0.2) is 36.8 Å². The Kier molecular flexibility index (Phi) is 5.40. The number of nitrogens with one attached hydrogen (secondary N) is 2. The molecule has 0 saturated heterocycles. The molecule has 2 fully saturated rings. The van der Waals surface area contributed by atoms with Gasteiger partial charge in [0.05, 0.1) is 30.1 Å². The van der Waals surface area contributed by atoms with E-state index in [1.807, 2.05) is 29.0 Å². The van der Waals surface area contributed by atoms with E-state index in [9.17, 15) is 14.3 Å². The van der Waals surface area contributed by atoms with Crippen LogP contribution in [0.25, 0.3) is 27.9 Å². The minimum absolute atomic E-state index is 0.247. The Morgan fingerprint density at radius 3 is 2.80 bits per heavy atom. The van der Waals surface area contributed by atoms with Crippen LogP contribution in [0.5, 0.6) is 0 Å². The third-order valence-electron chi connectivity index (χ3n) is 7.39. The minimum atomic E-state index is -0.903. The van der Waals surface area contributed by atoms with E-state index < -0.39 is 12.3 Å². The second-order valence-electron chi connectivity index (χ2n) is 9.49. The first-order chi connectivity index (χ1) is 17.0. The number of anilines is 1. The molecule has 35 heavy (non-hydrogen) atoms. The van der Waals surface area contributed by atoms with Crippen LogP contribution in [-0.4, -0.2) is 60.5 Å². The van der Waals surface area contributed by atoms with Crippen molar-refractivity contribution in [3.63, 3.8) is 0 Å². The van der Waals surface area contributed by atoms with Gasteiger partial charge in [-0.15, -0.1) is 0 Å². The first-order valence-electron chi connectivity index (χ1n) is 12.2. The molecular weight excluding hydrogens is 449 g/mol. The van der Waals surface area contributed by atoms with E-state index in [-0.39, 0.29) is 18.0 Å². The summed E-state index contributed by atoms with van der Waals surface area (Å²) in [5, 5.41) is 21.5. The molecule has 6 rings (SSSR count). The molecule has 0 spiro atoms. The number of aromatic nitrogens is 5. The number of hydrogen-bond donors (Lipinski definition) is 3. The fourth-order valence-electron chi connectivity index (χ4n) is 5.54. The van der Waals surface area contributed by atoms with E-state index in [1.54, 1.807) is 17.8 Å². The van der Waals surface area contributed by atoms with Crippen LogP contribution in [0.2, 0.25) is 0 Å². The Bertz CT molecular complexity index is 1410. The summed E-state index contributed by atoms with van der Waals surface area (Å²) in [4.78, 5) is 22.5. The predicted octanol–water partition coefficient (Wildman–Crippen LogP) is 3.49. The highest BCUT2D eigenvalue weighted by atomic mass is 19.1. The average Bonchev–Trinajstić information content (AvgIpc) is 3.65. The van der Waals surface area contributed by atoms with Crippen molar-refractivity contribution < 1.29 is 14.3 Å². The Morgan fingerprint density at radius 2 is 2.06 bits per heavy atom. The van der Waals surface area contributed by atoms with E-state index in [0.717, 1.165) is 42.3 Å². The Labute approximate surface area is 201 Å². The predicted molar refractivity (Wildman–Crippen MR) is 130 cm³/mol. The van der Waals surface area contributed by atoms with Crippen molar-refractivity contribution in [2.75, 3.05) is 12.4 Å². The summed E-state index contributed by atoms with van der Waals surface area (Å²) < 4.78 is 18.2. The number of nitrogens with zero attached hydrogens (tertiary/aromatic N) is 5. The van der Waals surface area contributed by atoms with Gasteiger partial charge in [-0.2, -0.15) is 9.61 Å². The molecule has 3 N–H and O–H groups in total. The van der Waals surface area contributed by atoms with Gasteiger partial charge < -0.3 is 20.3 Å². The number of aliphatic hydroxyl groups excluding tert-OH is 1. The molecular formula is C25H28FN7O2. The zero-order valence-corrected chi connectivity index (χ0v) is 19.5. The molecule has 4 atom stereocenters. The molecule has 1 amide bonds. The fraction of sp³-hybridized carbons (Fsp3) is 0.440. The van der Waals surface area contributed by atoms with Crippen LogP contribution in [0.1, 0.15) is 54.9 Å². The second kappa shape index (κ2) is 8.60. The van der Waals surface area contributed by atoms with Crippen LogP contribution in [0.3, 0.4) is 0 Å². The summed E-state index contributed by atoms with van der Waals surface area (Å²) in [6.07, 6.45) is 8.21. The first-order valence-corrected chi connectivity index (χ1v) is 12.2. The number of halogens is 1. The Morgan fingerprint density at radius 1 is 1.20 bits per heavy atom. The fourth-order valence-corrected chi connectivity index (χ4v) is 5.54. The lowest BCUT2D eigenvalue weighted by Crippen LogP contribution is -2.39. The van der Waals surface area contributed by atoms with Gasteiger partial charge in [-0.25, -0.2) is 14.4 Å².